The Morgan fingerprint density at radius 2 is 1.45 bits per heavy atom. The Morgan fingerprint density at radius 1 is 0.900 bits per heavy atom. The molecule has 98 valence electrons. The van der Waals surface area contributed by atoms with E-state index in [4.69, 9.17) is 0 Å². The molecule has 0 aliphatic carbocycles. The Balaban J connectivity index is 2.27. The van der Waals surface area contributed by atoms with Gasteiger partial charge in [-0.1, -0.05) is 48.5 Å². The van der Waals surface area contributed by atoms with Gasteiger partial charge in [-0.15, -0.1) is 0 Å². The fourth-order valence-electron chi connectivity index (χ4n) is 3.24. The standard InChI is InChI=1S/C18H15NO/c1-11-18(20)17-15-9-5-4-7-13(15)12-6-2-3-8-14(12)16(17)10-19-11/h2-9,11,19H,10H2,1H3. The molecule has 1 atom stereocenters. The van der Waals surface area contributed by atoms with Gasteiger partial charge < -0.3 is 5.32 Å². The Kier molecular flexibility index (Phi) is 2.41. The second kappa shape index (κ2) is 4.15. The largest absolute Gasteiger partial charge is 0.303 e. The molecule has 1 N–H and O–H groups in total. The molecule has 1 heterocycles. The first-order valence-electron chi connectivity index (χ1n) is 6.97. The number of carbonyl (C=O) groups is 1. The highest BCUT2D eigenvalue weighted by atomic mass is 16.1. The summed E-state index contributed by atoms with van der Waals surface area (Å²) in [5.74, 6) is 0.202. The van der Waals surface area contributed by atoms with Gasteiger partial charge in [0, 0.05) is 12.1 Å². The van der Waals surface area contributed by atoms with Crippen molar-refractivity contribution in [1.29, 1.82) is 0 Å². The summed E-state index contributed by atoms with van der Waals surface area (Å²) >= 11 is 0. The second-order valence-electron chi connectivity index (χ2n) is 5.41. The van der Waals surface area contributed by atoms with Crippen LogP contribution in [-0.2, 0) is 6.54 Å². The van der Waals surface area contributed by atoms with Crippen LogP contribution in [0.3, 0.4) is 0 Å². The number of fused-ring (bicyclic) bond motifs is 6. The third-order valence-corrected chi connectivity index (χ3v) is 4.27. The maximum atomic E-state index is 12.6. The highest BCUT2D eigenvalue weighted by Gasteiger charge is 2.27. The van der Waals surface area contributed by atoms with Crippen molar-refractivity contribution >= 4 is 27.3 Å². The molecule has 0 fully saturated rings. The Bertz CT molecular complexity index is 851. The van der Waals surface area contributed by atoms with Crippen LogP contribution in [0, 0.1) is 0 Å². The molecule has 3 aromatic rings. The molecule has 2 heteroatoms. The van der Waals surface area contributed by atoms with E-state index in [0.29, 0.717) is 0 Å². The van der Waals surface area contributed by atoms with Crippen molar-refractivity contribution in [1.82, 2.24) is 5.32 Å². The van der Waals surface area contributed by atoms with Gasteiger partial charge in [0.1, 0.15) is 0 Å². The number of benzene rings is 3. The average molecular weight is 261 g/mol. The zero-order chi connectivity index (χ0) is 13.7. The predicted molar refractivity (Wildman–Crippen MR) is 82.1 cm³/mol. The molecule has 2 nitrogen and oxygen atoms in total. The van der Waals surface area contributed by atoms with Crippen LogP contribution in [0.4, 0.5) is 0 Å². The second-order valence-corrected chi connectivity index (χ2v) is 5.41. The first-order valence-corrected chi connectivity index (χ1v) is 6.97. The molecule has 4 rings (SSSR count). The number of hydrogen-bond acceptors (Lipinski definition) is 2. The molecule has 0 spiro atoms. The van der Waals surface area contributed by atoms with E-state index in [1.807, 2.05) is 25.1 Å². The highest BCUT2D eigenvalue weighted by molar-refractivity contribution is 6.21. The van der Waals surface area contributed by atoms with Gasteiger partial charge in [-0.05, 0) is 34.0 Å². The minimum absolute atomic E-state index is 0.105. The van der Waals surface area contributed by atoms with Gasteiger partial charge in [0.2, 0.25) is 0 Å². The fourth-order valence-corrected chi connectivity index (χ4v) is 3.24. The summed E-state index contributed by atoms with van der Waals surface area (Å²) in [7, 11) is 0. The van der Waals surface area contributed by atoms with E-state index in [0.717, 1.165) is 23.1 Å². The maximum absolute atomic E-state index is 12.6. The minimum Gasteiger partial charge on any atom is -0.303 e. The summed E-state index contributed by atoms with van der Waals surface area (Å²) in [6.07, 6.45) is 0. The van der Waals surface area contributed by atoms with Gasteiger partial charge in [-0.3, -0.25) is 4.79 Å². The molecule has 0 aromatic heterocycles. The Labute approximate surface area is 117 Å². The van der Waals surface area contributed by atoms with Gasteiger partial charge in [0.15, 0.2) is 5.78 Å². The molecule has 0 radical (unpaired) electrons. The molecular formula is C18H15NO. The van der Waals surface area contributed by atoms with Crippen molar-refractivity contribution in [2.24, 2.45) is 0 Å². The molecule has 1 aliphatic rings. The first-order chi connectivity index (χ1) is 9.77. The van der Waals surface area contributed by atoms with E-state index >= 15 is 0 Å². The highest BCUT2D eigenvalue weighted by Crippen LogP contribution is 2.35. The number of rotatable bonds is 0. The van der Waals surface area contributed by atoms with Gasteiger partial charge in [-0.25, -0.2) is 0 Å². The lowest BCUT2D eigenvalue weighted by molar-refractivity contribution is 0.0941. The van der Waals surface area contributed by atoms with Crippen molar-refractivity contribution in [3.8, 4) is 0 Å². The normalized spacial score (nSPS) is 18.4. The van der Waals surface area contributed by atoms with Crippen molar-refractivity contribution < 1.29 is 4.79 Å². The van der Waals surface area contributed by atoms with Crippen LogP contribution in [-0.4, -0.2) is 11.8 Å². The van der Waals surface area contributed by atoms with Crippen molar-refractivity contribution in [2.75, 3.05) is 0 Å². The van der Waals surface area contributed by atoms with Gasteiger partial charge >= 0.3 is 0 Å². The fraction of sp³-hybridized carbons (Fsp3) is 0.167. The zero-order valence-corrected chi connectivity index (χ0v) is 11.3. The lowest BCUT2D eigenvalue weighted by Crippen LogP contribution is -2.39. The van der Waals surface area contributed by atoms with E-state index in [9.17, 15) is 4.79 Å². The monoisotopic (exact) mass is 261 g/mol. The third-order valence-electron chi connectivity index (χ3n) is 4.27. The van der Waals surface area contributed by atoms with Gasteiger partial charge in [0.25, 0.3) is 0 Å². The minimum atomic E-state index is -0.105. The molecule has 0 saturated heterocycles. The van der Waals surface area contributed by atoms with E-state index in [1.54, 1.807) is 0 Å². The van der Waals surface area contributed by atoms with Crippen LogP contribution in [0.25, 0.3) is 21.5 Å². The number of nitrogens with one attached hydrogen (secondary N) is 1. The predicted octanol–water partition coefficient (Wildman–Crippen LogP) is 3.67. The molecular weight excluding hydrogens is 246 g/mol. The Hall–Kier alpha value is -2.19. The number of carbonyl (C=O) groups excluding carboxylic acids is 1. The van der Waals surface area contributed by atoms with E-state index < -0.39 is 0 Å². The quantitative estimate of drug-likeness (QED) is 0.626. The number of hydrogen-bond donors (Lipinski definition) is 1. The smallest absolute Gasteiger partial charge is 0.180 e. The van der Waals surface area contributed by atoms with Crippen molar-refractivity contribution in [2.45, 2.75) is 19.5 Å². The van der Waals surface area contributed by atoms with E-state index in [2.05, 4.69) is 35.6 Å². The number of ketones is 1. The lowest BCUT2D eigenvalue weighted by Gasteiger charge is -2.25. The molecule has 1 aliphatic heterocycles. The van der Waals surface area contributed by atoms with Crippen LogP contribution >= 0.6 is 0 Å². The molecule has 0 amide bonds. The summed E-state index contributed by atoms with van der Waals surface area (Å²) in [4.78, 5) is 12.6. The van der Waals surface area contributed by atoms with Gasteiger partial charge in [0.05, 0.1) is 6.04 Å². The maximum Gasteiger partial charge on any atom is 0.180 e. The van der Waals surface area contributed by atoms with Crippen LogP contribution < -0.4 is 5.32 Å². The first kappa shape index (κ1) is 11.6. The molecule has 0 bridgehead atoms. The summed E-state index contributed by atoms with van der Waals surface area (Å²) in [6.45, 7) is 2.70. The summed E-state index contributed by atoms with van der Waals surface area (Å²) in [5, 5.41) is 7.97. The molecule has 0 saturated carbocycles. The van der Waals surface area contributed by atoms with Crippen LogP contribution in [0.15, 0.2) is 48.5 Å². The molecule has 3 aromatic carbocycles. The molecule has 1 unspecified atom stereocenters. The number of Topliss-reactive ketones (excluding diaryl/α,β-unsaturated/α-hetero) is 1. The lowest BCUT2D eigenvalue weighted by atomic mass is 9.86. The van der Waals surface area contributed by atoms with Crippen molar-refractivity contribution in [3.05, 3.63) is 59.7 Å². The van der Waals surface area contributed by atoms with Gasteiger partial charge in [-0.2, -0.15) is 0 Å². The molecule has 20 heavy (non-hydrogen) atoms. The van der Waals surface area contributed by atoms with Crippen LogP contribution in [0.1, 0.15) is 22.8 Å². The van der Waals surface area contributed by atoms with Crippen LogP contribution in [0.5, 0.6) is 0 Å². The van der Waals surface area contributed by atoms with Crippen molar-refractivity contribution in [3.63, 3.8) is 0 Å². The summed E-state index contributed by atoms with van der Waals surface area (Å²) in [6, 6.07) is 16.5. The Morgan fingerprint density at radius 3 is 2.15 bits per heavy atom. The zero-order valence-electron chi connectivity index (χ0n) is 11.3. The van der Waals surface area contributed by atoms with E-state index in [-0.39, 0.29) is 11.8 Å². The average Bonchev–Trinajstić information content (AvgIpc) is 2.50. The third kappa shape index (κ3) is 1.46. The topological polar surface area (TPSA) is 29.1 Å². The van der Waals surface area contributed by atoms with Crippen LogP contribution in [0.2, 0.25) is 0 Å². The summed E-state index contributed by atoms with van der Waals surface area (Å²) < 4.78 is 0. The summed E-state index contributed by atoms with van der Waals surface area (Å²) in [5.41, 5.74) is 2.05. The SMILES string of the molecule is CC1NCc2c(c3ccccc3c3ccccc23)C1=O. The van der Waals surface area contributed by atoms with E-state index in [1.165, 1.54) is 16.2 Å².